The molecular formula is C24H31N7O4S. The zero-order chi connectivity index (χ0) is 25.8. The van der Waals surface area contributed by atoms with Crippen LogP contribution in [0.4, 0.5) is 5.69 Å². The van der Waals surface area contributed by atoms with Gasteiger partial charge in [-0.2, -0.15) is 0 Å². The first-order chi connectivity index (χ1) is 17.2. The van der Waals surface area contributed by atoms with Crippen LogP contribution in [0.15, 0.2) is 24.5 Å². The minimum absolute atomic E-state index is 0.0257. The van der Waals surface area contributed by atoms with E-state index in [0.717, 1.165) is 30.1 Å². The topological polar surface area (TPSA) is 137 Å². The van der Waals surface area contributed by atoms with Crippen LogP contribution in [0.2, 0.25) is 0 Å². The number of amides is 4. The molecule has 1 aliphatic heterocycles. The third-order valence-corrected chi connectivity index (χ3v) is 7.62. The van der Waals surface area contributed by atoms with E-state index in [1.54, 1.807) is 26.2 Å². The molecule has 0 saturated heterocycles. The summed E-state index contributed by atoms with van der Waals surface area (Å²) in [6.45, 7) is 1.65. The van der Waals surface area contributed by atoms with Crippen molar-refractivity contribution in [2.75, 3.05) is 33.0 Å². The van der Waals surface area contributed by atoms with Crippen LogP contribution in [0.1, 0.15) is 39.6 Å². The zero-order valence-electron chi connectivity index (χ0n) is 20.6. The Balaban J connectivity index is 1.46. The van der Waals surface area contributed by atoms with Crippen molar-refractivity contribution in [2.24, 2.45) is 5.92 Å². The van der Waals surface area contributed by atoms with Crippen LogP contribution in [0.3, 0.4) is 0 Å². The molecule has 2 aromatic heterocycles. The largest absolute Gasteiger partial charge is 0.349 e. The van der Waals surface area contributed by atoms with Crippen molar-refractivity contribution in [1.29, 1.82) is 0 Å². The van der Waals surface area contributed by atoms with E-state index in [1.807, 2.05) is 7.05 Å². The van der Waals surface area contributed by atoms with E-state index in [1.165, 1.54) is 28.6 Å². The lowest BCUT2D eigenvalue weighted by Crippen LogP contribution is -2.57. The van der Waals surface area contributed by atoms with Crippen LogP contribution in [0, 0.1) is 5.92 Å². The lowest BCUT2D eigenvalue weighted by Gasteiger charge is -2.37. The SMILES string of the molecule is CN1CCc2nc(C(=O)N[C@@H]3C[C@@H](C(=O)N(C)C)CC[C@@H]3NC(=O)C(=O)Nc3ccncc3)sc2C1. The van der Waals surface area contributed by atoms with Gasteiger partial charge in [0.15, 0.2) is 5.01 Å². The number of pyridine rings is 1. The number of aromatic nitrogens is 2. The molecule has 12 heteroatoms. The van der Waals surface area contributed by atoms with Gasteiger partial charge in [-0.15, -0.1) is 11.3 Å². The number of nitrogens with one attached hydrogen (secondary N) is 3. The molecule has 0 unspecified atom stereocenters. The van der Waals surface area contributed by atoms with Gasteiger partial charge in [0.2, 0.25) is 5.91 Å². The fraction of sp³-hybridized carbons (Fsp3) is 0.500. The summed E-state index contributed by atoms with van der Waals surface area (Å²) in [5.74, 6) is -2.26. The number of nitrogens with zero attached hydrogens (tertiary/aromatic N) is 4. The maximum absolute atomic E-state index is 13.2. The molecule has 4 amide bonds. The van der Waals surface area contributed by atoms with Gasteiger partial charge in [-0.25, -0.2) is 4.98 Å². The fourth-order valence-electron chi connectivity index (χ4n) is 4.60. The van der Waals surface area contributed by atoms with Gasteiger partial charge in [0.25, 0.3) is 5.91 Å². The Hall–Kier alpha value is -3.38. The highest BCUT2D eigenvalue weighted by atomic mass is 32.1. The van der Waals surface area contributed by atoms with Crippen molar-refractivity contribution in [1.82, 2.24) is 30.4 Å². The number of rotatable bonds is 5. The van der Waals surface area contributed by atoms with E-state index in [0.29, 0.717) is 30.0 Å². The van der Waals surface area contributed by atoms with Gasteiger partial charge in [-0.3, -0.25) is 24.2 Å². The van der Waals surface area contributed by atoms with Gasteiger partial charge < -0.3 is 25.8 Å². The first-order valence-corrected chi connectivity index (χ1v) is 12.7. The van der Waals surface area contributed by atoms with Gasteiger partial charge in [0, 0.05) is 68.5 Å². The van der Waals surface area contributed by atoms with Crippen LogP contribution in [0.5, 0.6) is 0 Å². The van der Waals surface area contributed by atoms with E-state index in [2.05, 4.69) is 30.8 Å². The zero-order valence-corrected chi connectivity index (χ0v) is 21.4. The van der Waals surface area contributed by atoms with Gasteiger partial charge in [0.05, 0.1) is 11.7 Å². The van der Waals surface area contributed by atoms with E-state index < -0.39 is 23.9 Å². The van der Waals surface area contributed by atoms with E-state index in [9.17, 15) is 19.2 Å². The van der Waals surface area contributed by atoms with Crippen LogP contribution < -0.4 is 16.0 Å². The van der Waals surface area contributed by atoms with Crippen LogP contribution in [0.25, 0.3) is 0 Å². The minimum Gasteiger partial charge on any atom is -0.349 e. The first-order valence-electron chi connectivity index (χ1n) is 11.9. The highest BCUT2D eigenvalue weighted by Crippen LogP contribution is 2.28. The Morgan fingerprint density at radius 2 is 1.81 bits per heavy atom. The van der Waals surface area contributed by atoms with Crippen LogP contribution >= 0.6 is 11.3 Å². The second kappa shape index (κ2) is 11.1. The second-order valence-electron chi connectivity index (χ2n) is 9.47. The molecule has 1 saturated carbocycles. The molecule has 2 aliphatic rings. The van der Waals surface area contributed by atoms with Crippen molar-refractivity contribution in [2.45, 2.75) is 44.3 Å². The Bertz CT molecular complexity index is 1140. The number of carbonyl (C=O) groups excluding carboxylic acids is 4. The average Bonchev–Trinajstić information content (AvgIpc) is 3.28. The molecule has 192 valence electrons. The van der Waals surface area contributed by atoms with E-state index in [-0.39, 0.29) is 17.7 Å². The van der Waals surface area contributed by atoms with Crippen LogP contribution in [-0.4, -0.2) is 83.2 Å². The number of hydrogen-bond acceptors (Lipinski definition) is 8. The summed E-state index contributed by atoms with van der Waals surface area (Å²) < 4.78 is 0. The molecule has 36 heavy (non-hydrogen) atoms. The number of fused-ring (bicyclic) bond motifs is 1. The standard InChI is InChI=1S/C24H31N7O4S/c1-30(2)24(35)14-4-5-16(27-21(33)20(32)26-15-6-9-25-10-7-15)18(12-14)28-22(34)23-29-17-8-11-31(3)13-19(17)36-23/h6-7,9-10,14,16,18H,4-5,8,11-13H2,1-3H3,(H,27,33)(H,28,34)(H,25,26,32)/t14-,16-,18+/m0/s1. The van der Waals surface area contributed by atoms with Crippen molar-refractivity contribution >= 4 is 40.7 Å². The molecule has 2 aromatic rings. The lowest BCUT2D eigenvalue weighted by atomic mass is 9.81. The summed E-state index contributed by atoms with van der Waals surface area (Å²) in [7, 11) is 5.43. The van der Waals surface area contributed by atoms with Crippen molar-refractivity contribution in [3.8, 4) is 0 Å². The summed E-state index contributed by atoms with van der Waals surface area (Å²) in [5, 5.41) is 8.66. The fourth-order valence-corrected chi connectivity index (χ4v) is 5.69. The molecule has 3 heterocycles. The predicted octanol–water partition coefficient (Wildman–Crippen LogP) is 0.636. The molecule has 0 aromatic carbocycles. The highest BCUT2D eigenvalue weighted by molar-refractivity contribution is 7.13. The molecule has 0 radical (unpaired) electrons. The smallest absolute Gasteiger partial charge is 0.313 e. The molecule has 1 fully saturated rings. The molecule has 1 aliphatic carbocycles. The highest BCUT2D eigenvalue weighted by Gasteiger charge is 2.37. The third kappa shape index (κ3) is 6.05. The minimum atomic E-state index is -0.811. The first kappa shape index (κ1) is 25.7. The molecule has 0 spiro atoms. The maximum Gasteiger partial charge on any atom is 0.313 e. The van der Waals surface area contributed by atoms with Crippen LogP contribution in [-0.2, 0) is 27.3 Å². The quantitative estimate of drug-likeness (QED) is 0.499. The van der Waals surface area contributed by atoms with Gasteiger partial charge in [-0.1, -0.05) is 0 Å². The molecule has 3 atom stereocenters. The lowest BCUT2D eigenvalue weighted by molar-refractivity contribution is -0.137. The number of carbonyl (C=O) groups is 4. The van der Waals surface area contributed by atoms with E-state index in [4.69, 9.17) is 0 Å². The Morgan fingerprint density at radius 1 is 1.06 bits per heavy atom. The summed E-state index contributed by atoms with van der Waals surface area (Å²) >= 11 is 1.37. The Kier molecular flexibility index (Phi) is 7.94. The monoisotopic (exact) mass is 513 g/mol. The van der Waals surface area contributed by atoms with E-state index >= 15 is 0 Å². The summed E-state index contributed by atoms with van der Waals surface area (Å²) in [5.41, 5.74) is 1.40. The van der Waals surface area contributed by atoms with Crippen molar-refractivity contribution in [3.05, 3.63) is 40.1 Å². The van der Waals surface area contributed by atoms with Gasteiger partial charge >= 0.3 is 11.8 Å². The Morgan fingerprint density at radius 3 is 2.53 bits per heavy atom. The molecule has 4 rings (SSSR count). The number of hydrogen-bond donors (Lipinski definition) is 3. The Labute approximate surface area is 213 Å². The number of thiazole rings is 1. The van der Waals surface area contributed by atoms with Gasteiger partial charge in [0.1, 0.15) is 0 Å². The predicted molar refractivity (Wildman–Crippen MR) is 134 cm³/mol. The second-order valence-corrected chi connectivity index (χ2v) is 10.6. The molecule has 3 N–H and O–H groups in total. The van der Waals surface area contributed by atoms with Crippen molar-refractivity contribution in [3.63, 3.8) is 0 Å². The molecule has 11 nitrogen and oxygen atoms in total. The summed E-state index contributed by atoms with van der Waals surface area (Å²) in [6, 6.07) is 2.13. The molecule has 0 bridgehead atoms. The van der Waals surface area contributed by atoms with Crippen molar-refractivity contribution < 1.29 is 19.2 Å². The number of anilines is 1. The third-order valence-electron chi connectivity index (χ3n) is 6.53. The number of likely N-dealkylation sites (N-methyl/N-ethyl adjacent to an activating group) is 1. The molecular weight excluding hydrogens is 482 g/mol. The normalized spacial score (nSPS) is 21.7. The summed E-state index contributed by atoms with van der Waals surface area (Å²) in [4.78, 5) is 64.1. The average molecular weight is 514 g/mol. The van der Waals surface area contributed by atoms with Gasteiger partial charge in [-0.05, 0) is 38.4 Å². The maximum atomic E-state index is 13.2. The summed E-state index contributed by atoms with van der Waals surface area (Å²) in [6.07, 6.45) is 5.16.